The van der Waals surface area contributed by atoms with Gasteiger partial charge >= 0.3 is 0 Å². The van der Waals surface area contributed by atoms with E-state index in [1.54, 1.807) is 0 Å². The SMILES string of the molecule is CCN1CCCC(n2c(N)nc3ccc(C)cc32)C1. The van der Waals surface area contributed by atoms with Crippen molar-refractivity contribution in [2.24, 2.45) is 0 Å². The normalized spacial score (nSPS) is 21.1. The highest BCUT2D eigenvalue weighted by Gasteiger charge is 2.23. The predicted octanol–water partition coefficient (Wildman–Crippen LogP) is 2.58. The molecule has 0 bridgehead atoms. The van der Waals surface area contributed by atoms with Gasteiger partial charge in [-0.2, -0.15) is 0 Å². The molecule has 4 heteroatoms. The van der Waals surface area contributed by atoms with Gasteiger partial charge in [0.1, 0.15) is 0 Å². The van der Waals surface area contributed by atoms with E-state index in [9.17, 15) is 0 Å². The van der Waals surface area contributed by atoms with Crippen LogP contribution in [0.3, 0.4) is 0 Å². The molecule has 0 radical (unpaired) electrons. The molecule has 2 aromatic rings. The van der Waals surface area contributed by atoms with E-state index in [0.29, 0.717) is 12.0 Å². The number of anilines is 1. The first-order chi connectivity index (χ1) is 9.19. The highest BCUT2D eigenvalue weighted by atomic mass is 15.2. The Morgan fingerprint density at radius 1 is 1.42 bits per heavy atom. The van der Waals surface area contributed by atoms with Crippen LogP contribution in [0.25, 0.3) is 11.0 Å². The molecule has 1 aromatic carbocycles. The van der Waals surface area contributed by atoms with Gasteiger partial charge in [-0.3, -0.25) is 0 Å². The summed E-state index contributed by atoms with van der Waals surface area (Å²) in [5.41, 5.74) is 9.61. The monoisotopic (exact) mass is 258 g/mol. The van der Waals surface area contributed by atoms with Crippen molar-refractivity contribution in [3.05, 3.63) is 23.8 Å². The Balaban J connectivity index is 2.03. The Kier molecular flexibility index (Phi) is 3.19. The van der Waals surface area contributed by atoms with Gasteiger partial charge in [-0.25, -0.2) is 4.98 Å². The van der Waals surface area contributed by atoms with Crippen LogP contribution in [-0.4, -0.2) is 34.1 Å². The maximum absolute atomic E-state index is 6.15. The predicted molar refractivity (Wildman–Crippen MR) is 79.3 cm³/mol. The van der Waals surface area contributed by atoms with Crippen LogP contribution in [0.1, 0.15) is 31.4 Å². The number of aryl methyl sites for hydroxylation is 1. The molecular weight excluding hydrogens is 236 g/mol. The number of nitrogens with zero attached hydrogens (tertiary/aromatic N) is 3. The number of rotatable bonds is 2. The minimum absolute atomic E-state index is 0.459. The van der Waals surface area contributed by atoms with E-state index in [0.717, 1.165) is 18.6 Å². The van der Waals surface area contributed by atoms with Gasteiger partial charge in [-0.15, -0.1) is 0 Å². The van der Waals surface area contributed by atoms with Crippen LogP contribution in [0.15, 0.2) is 18.2 Å². The fourth-order valence-corrected chi connectivity index (χ4v) is 3.13. The van der Waals surface area contributed by atoms with Gasteiger partial charge in [0, 0.05) is 12.6 Å². The van der Waals surface area contributed by atoms with Crippen LogP contribution in [0.2, 0.25) is 0 Å². The number of piperidine rings is 1. The van der Waals surface area contributed by atoms with Crippen LogP contribution in [0, 0.1) is 6.92 Å². The van der Waals surface area contributed by atoms with Crippen LogP contribution >= 0.6 is 0 Å². The van der Waals surface area contributed by atoms with E-state index in [2.05, 4.69) is 46.5 Å². The van der Waals surface area contributed by atoms with Crippen molar-refractivity contribution in [1.82, 2.24) is 14.5 Å². The summed E-state index contributed by atoms with van der Waals surface area (Å²) in [7, 11) is 0. The Hall–Kier alpha value is -1.55. The van der Waals surface area contributed by atoms with Crippen molar-refractivity contribution in [3.63, 3.8) is 0 Å². The van der Waals surface area contributed by atoms with Crippen LogP contribution < -0.4 is 5.73 Å². The summed E-state index contributed by atoms with van der Waals surface area (Å²) >= 11 is 0. The lowest BCUT2D eigenvalue weighted by Gasteiger charge is -2.33. The number of benzene rings is 1. The molecule has 1 fully saturated rings. The van der Waals surface area contributed by atoms with Crippen molar-refractivity contribution in [3.8, 4) is 0 Å². The van der Waals surface area contributed by atoms with Gasteiger partial charge < -0.3 is 15.2 Å². The van der Waals surface area contributed by atoms with Crippen molar-refractivity contribution in [2.45, 2.75) is 32.7 Å². The Morgan fingerprint density at radius 3 is 3.05 bits per heavy atom. The maximum Gasteiger partial charge on any atom is 0.201 e. The molecule has 1 aliphatic heterocycles. The number of imidazole rings is 1. The molecule has 0 spiro atoms. The molecule has 1 aliphatic rings. The number of nitrogens with two attached hydrogens (primary N) is 1. The van der Waals surface area contributed by atoms with Crippen molar-refractivity contribution in [1.29, 1.82) is 0 Å². The highest BCUT2D eigenvalue weighted by molar-refractivity contribution is 5.79. The molecule has 1 aromatic heterocycles. The fourth-order valence-electron chi connectivity index (χ4n) is 3.13. The minimum Gasteiger partial charge on any atom is -0.369 e. The number of aromatic nitrogens is 2. The standard InChI is InChI=1S/C15H22N4/c1-3-18-8-4-5-12(10-18)19-14-9-11(2)6-7-13(14)17-15(19)16/h6-7,9,12H,3-5,8,10H2,1-2H3,(H2,16,17). The van der Waals surface area contributed by atoms with E-state index < -0.39 is 0 Å². The van der Waals surface area contributed by atoms with Gasteiger partial charge in [0.05, 0.1) is 11.0 Å². The Bertz CT molecular complexity index is 587. The number of fused-ring (bicyclic) bond motifs is 1. The molecule has 2 N–H and O–H groups in total. The van der Waals surface area contributed by atoms with Gasteiger partial charge in [0.2, 0.25) is 5.95 Å². The maximum atomic E-state index is 6.15. The summed E-state index contributed by atoms with van der Waals surface area (Å²) in [6.07, 6.45) is 2.43. The summed E-state index contributed by atoms with van der Waals surface area (Å²) in [6, 6.07) is 6.82. The van der Waals surface area contributed by atoms with E-state index in [-0.39, 0.29) is 0 Å². The number of likely N-dealkylation sites (tertiary alicyclic amines) is 1. The summed E-state index contributed by atoms with van der Waals surface area (Å²) < 4.78 is 2.24. The van der Waals surface area contributed by atoms with Gasteiger partial charge in [-0.1, -0.05) is 13.0 Å². The topological polar surface area (TPSA) is 47.1 Å². The zero-order valence-electron chi connectivity index (χ0n) is 11.8. The first-order valence-corrected chi connectivity index (χ1v) is 7.15. The number of hydrogen-bond donors (Lipinski definition) is 1. The molecule has 3 rings (SSSR count). The average Bonchev–Trinajstić information content (AvgIpc) is 2.74. The zero-order valence-corrected chi connectivity index (χ0v) is 11.8. The molecule has 0 aliphatic carbocycles. The number of likely N-dealkylation sites (N-methyl/N-ethyl adjacent to an activating group) is 1. The lowest BCUT2D eigenvalue weighted by Crippen LogP contribution is -2.36. The van der Waals surface area contributed by atoms with Gasteiger partial charge in [0.25, 0.3) is 0 Å². The summed E-state index contributed by atoms with van der Waals surface area (Å²) in [6.45, 7) is 7.74. The lowest BCUT2D eigenvalue weighted by atomic mass is 10.1. The van der Waals surface area contributed by atoms with E-state index in [4.69, 9.17) is 5.73 Å². The molecule has 1 unspecified atom stereocenters. The highest BCUT2D eigenvalue weighted by Crippen LogP contribution is 2.29. The second-order valence-electron chi connectivity index (χ2n) is 5.52. The zero-order chi connectivity index (χ0) is 13.4. The lowest BCUT2D eigenvalue weighted by molar-refractivity contribution is 0.188. The molecule has 0 saturated carbocycles. The summed E-state index contributed by atoms with van der Waals surface area (Å²) in [4.78, 5) is 7.00. The average molecular weight is 258 g/mol. The van der Waals surface area contributed by atoms with Crippen molar-refractivity contribution >= 4 is 17.0 Å². The second kappa shape index (κ2) is 4.85. The molecule has 19 heavy (non-hydrogen) atoms. The van der Waals surface area contributed by atoms with Crippen molar-refractivity contribution in [2.75, 3.05) is 25.4 Å². The number of hydrogen-bond acceptors (Lipinski definition) is 3. The third kappa shape index (κ3) is 2.21. The quantitative estimate of drug-likeness (QED) is 0.900. The third-order valence-corrected chi connectivity index (χ3v) is 4.17. The first-order valence-electron chi connectivity index (χ1n) is 7.15. The minimum atomic E-state index is 0.459. The fraction of sp³-hybridized carbons (Fsp3) is 0.533. The van der Waals surface area contributed by atoms with Crippen LogP contribution in [-0.2, 0) is 0 Å². The van der Waals surface area contributed by atoms with Gasteiger partial charge in [-0.05, 0) is 50.6 Å². The van der Waals surface area contributed by atoms with Crippen molar-refractivity contribution < 1.29 is 0 Å². The molecule has 4 nitrogen and oxygen atoms in total. The smallest absolute Gasteiger partial charge is 0.201 e. The second-order valence-corrected chi connectivity index (χ2v) is 5.52. The number of nitrogen functional groups attached to an aromatic ring is 1. The van der Waals surface area contributed by atoms with Crippen LogP contribution in [0.5, 0.6) is 0 Å². The van der Waals surface area contributed by atoms with E-state index in [1.165, 1.54) is 30.5 Å². The Labute approximate surface area is 114 Å². The van der Waals surface area contributed by atoms with Crippen LogP contribution in [0.4, 0.5) is 5.95 Å². The van der Waals surface area contributed by atoms with Gasteiger partial charge in [0.15, 0.2) is 0 Å². The Morgan fingerprint density at radius 2 is 2.26 bits per heavy atom. The molecule has 2 heterocycles. The third-order valence-electron chi connectivity index (χ3n) is 4.17. The largest absolute Gasteiger partial charge is 0.369 e. The molecule has 0 amide bonds. The molecule has 1 atom stereocenters. The molecule has 1 saturated heterocycles. The summed E-state index contributed by atoms with van der Waals surface area (Å²) in [5.74, 6) is 0.656. The van der Waals surface area contributed by atoms with E-state index in [1.807, 2.05) is 0 Å². The molecular formula is C15H22N4. The van der Waals surface area contributed by atoms with E-state index >= 15 is 0 Å². The molecule has 102 valence electrons. The summed E-state index contributed by atoms with van der Waals surface area (Å²) in [5, 5.41) is 0. The first kappa shape index (κ1) is 12.5.